The van der Waals surface area contributed by atoms with Crippen LogP contribution in [0, 0.1) is 6.92 Å². The molecule has 0 radical (unpaired) electrons. The summed E-state index contributed by atoms with van der Waals surface area (Å²) in [5, 5.41) is 11.1. The van der Waals surface area contributed by atoms with E-state index in [1.807, 2.05) is 61.5 Å². The van der Waals surface area contributed by atoms with Gasteiger partial charge in [-0.15, -0.1) is 0 Å². The number of amides is 1. The van der Waals surface area contributed by atoms with E-state index in [2.05, 4.69) is 4.90 Å². The Morgan fingerprint density at radius 3 is 2.25 bits per heavy atom. The summed E-state index contributed by atoms with van der Waals surface area (Å²) in [6.07, 6.45) is 1.18. The first-order valence-corrected chi connectivity index (χ1v) is 8.38. The first kappa shape index (κ1) is 16.7. The Morgan fingerprint density at radius 1 is 1.08 bits per heavy atom. The topological polar surface area (TPSA) is 66.6 Å². The number of primary amides is 1. The van der Waals surface area contributed by atoms with E-state index in [-0.39, 0.29) is 5.91 Å². The number of nitrogens with two attached hydrogens (primary N) is 1. The number of hydrogen-bond acceptors (Lipinski definition) is 3. The molecule has 0 aromatic heterocycles. The number of hydrogen-bond donors (Lipinski definition) is 2. The molecule has 3 rings (SSSR count). The zero-order valence-corrected chi connectivity index (χ0v) is 14.0. The molecule has 0 aliphatic carbocycles. The van der Waals surface area contributed by atoms with Gasteiger partial charge in [-0.1, -0.05) is 54.6 Å². The van der Waals surface area contributed by atoms with Crippen LogP contribution in [-0.4, -0.2) is 29.0 Å². The fraction of sp³-hybridized carbons (Fsp3) is 0.350. The summed E-state index contributed by atoms with van der Waals surface area (Å²) in [7, 11) is 0. The molecule has 1 saturated heterocycles. The highest BCUT2D eigenvalue weighted by Crippen LogP contribution is 2.37. The maximum Gasteiger partial charge on any atom is 0.239 e. The van der Waals surface area contributed by atoms with E-state index in [4.69, 9.17) is 5.73 Å². The molecule has 0 spiro atoms. The second-order valence-corrected chi connectivity index (χ2v) is 6.60. The van der Waals surface area contributed by atoms with Gasteiger partial charge >= 0.3 is 0 Å². The van der Waals surface area contributed by atoms with Gasteiger partial charge in [-0.05, 0) is 36.5 Å². The second-order valence-electron chi connectivity index (χ2n) is 6.60. The SMILES string of the molecule is Cc1ccccc1C1(O)CCN([C@@H](C(N)=O)c2ccccc2)CC1. The van der Waals surface area contributed by atoms with Gasteiger partial charge in [-0.3, -0.25) is 9.69 Å². The van der Waals surface area contributed by atoms with E-state index in [1.165, 1.54) is 0 Å². The molecule has 2 aromatic carbocycles. The van der Waals surface area contributed by atoms with E-state index >= 15 is 0 Å². The monoisotopic (exact) mass is 324 g/mol. The number of carbonyl (C=O) groups excluding carboxylic acids is 1. The fourth-order valence-electron chi connectivity index (χ4n) is 3.71. The van der Waals surface area contributed by atoms with Crippen LogP contribution in [0.2, 0.25) is 0 Å². The molecule has 0 bridgehead atoms. The summed E-state index contributed by atoms with van der Waals surface area (Å²) in [6.45, 7) is 3.29. The van der Waals surface area contributed by atoms with Gasteiger partial charge in [-0.2, -0.15) is 0 Å². The van der Waals surface area contributed by atoms with E-state index in [0.717, 1.165) is 16.7 Å². The van der Waals surface area contributed by atoms with Gasteiger partial charge < -0.3 is 10.8 Å². The second kappa shape index (κ2) is 6.75. The van der Waals surface area contributed by atoms with Crippen LogP contribution in [0.25, 0.3) is 0 Å². The third-order valence-corrected chi connectivity index (χ3v) is 5.02. The van der Waals surface area contributed by atoms with Crippen LogP contribution >= 0.6 is 0 Å². The summed E-state index contributed by atoms with van der Waals surface area (Å²) in [5.74, 6) is -0.345. The Labute approximate surface area is 142 Å². The Balaban J connectivity index is 1.79. The van der Waals surface area contributed by atoms with Crippen molar-refractivity contribution in [2.45, 2.75) is 31.4 Å². The van der Waals surface area contributed by atoms with Crippen LogP contribution in [0.15, 0.2) is 54.6 Å². The quantitative estimate of drug-likeness (QED) is 0.908. The molecular weight excluding hydrogens is 300 g/mol. The van der Waals surface area contributed by atoms with Crippen LogP contribution in [0.4, 0.5) is 0 Å². The Morgan fingerprint density at radius 2 is 1.67 bits per heavy atom. The number of benzene rings is 2. The molecule has 1 fully saturated rings. The molecule has 24 heavy (non-hydrogen) atoms. The summed E-state index contributed by atoms with van der Waals surface area (Å²) in [4.78, 5) is 14.1. The van der Waals surface area contributed by atoms with Gasteiger partial charge in [-0.25, -0.2) is 0 Å². The first-order chi connectivity index (χ1) is 11.5. The number of nitrogens with zero attached hydrogens (tertiary/aromatic N) is 1. The standard InChI is InChI=1S/C20H24N2O2/c1-15-7-5-6-10-17(15)20(24)11-13-22(14-12-20)18(19(21)23)16-8-3-2-4-9-16/h2-10,18,24H,11-14H2,1H3,(H2,21,23)/t18-/m1/s1. The average Bonchev–Trinajstić information content (AvgIpc) is 2.58. The Kier molecular flexibility index (Phi) is 4.69. The molecular formula is C20H24N2O2. The van der Waals surface area contributed by atoms with Crippen molar-refractivity contribution in [2.24, 2.45) is 5.73 Å². The molecule has 3 N–H and O–H groups in total. The molecule has 0 unspecified atom stereocenters. The van der Waals surface area contributed by atoms with Crippen molar-refractivity contribution in [1.29, 1.82) is 0 Å². The van der Waals surface area contributed by atoms with E-state index < -0.39 is 11.6 Å². The summed E-state index contributed by atoms with van der Waals surface area (Å²) in [6, 6.07) is 17.1. The number of likely N-dealkylation sites (tertiary alicyclic amines) is 1. The number of piperidine rings is 1. The number of aryl methyl sites for hydroxylation is 1. The van der Waals surface area contributed by atoms with Crippen molar-refractivity contribution in [1.82, 2.24) is 4.90 Å². The van der Waals surface area contributed by atoms with Crippen molar-refractivity contribution >= 4 is 5.91 Å². The van der Waals surface area contributed by atoms with Crippen molar-refractivity contribution in [3.63, 3.8) is 0 Å². The highest BCUT2D eigenvalue weighted by Gasteiger charge is 2.38. The normalized spacial score (nSPS) is 18.9. The number of rotatable bonds is 4. The van der Waals surface area contributed by atoms with Crippen LogP contribution < -0.4 is 5.73 Å². The lowest BCUT2D eigenvalue weighted by atomic mass is 9.81. The maximum absolute atomic E-state index is 12.0. The minimum Gasteiger partial charge on any atom is -0.385 e. The summed E-state index contributed by atoms with van der Waals surface area (Å²) in [5.41, 5.74) is 7.82. The molecule has 0 saturated carbocycles. The van der Waals surface area contributed by atoms with Crippen LogP contribution in [0.1, 0.15) is 35.6 Å². The molecule has 1 amide bonds. The van der Waals surface area contributed by atoms with Gasteiger partial charge in [0, 0.05) is 13.1 Å². The van der Waals surface area contributed by atoms with Crippen molar-refractivity contribution in [3.05, 3.63) is 71.3 Å². The molecule has 1 heterocycles. The van der Waals surface area contributed by atoms with E-state index in [9.17, 15) is 9.90 Å². The molecule has 1 aliphatic rings. The Bertz CT molecular complexity index is 707. The van der Waals surface area contributed by atoms with Crippen molar-refractivity contribution in [2.75, 3.05) is 13.1 Å². The fourth-order valence-corrected chi connectivity index (χ4v) is 3.71. The van der Waals surface area contributed by atoms with E-state index in [1.54, 1.807) is 0 Å². The predicted octanol–water partition coefficient (Wildman–Crippen LogP) is 2.51. The average molecular weight is 324 g/mol. The predicted molar refractivity (Wildman–Crippen MR) is 94.3 cm³/mol. The third-order valence-electron chi connectivity index (χ3n) is 5.02. The number of carbonyl (C=O) groups is 1. The highest BCUT2D eigenvalue weighted by molar-refractivity contribution is 5.81. The highest BCUT2D eigenvalue weighted by atomic mass is 16.3. The smallest absolute Gasteiger partial charge is 0.239 e. The van der Waals surface area contributed by atoms with Crippen LogP contribution in [0.3, 0.4) is 0 Å². The molecule has 2 aromatic rings. The molecule has 1 atom stereocenters. The lowest BCUT2D eigenvalue weighted by Crippen LogP contribution is -2.47. The zero-order chi connectivity index (χ0) is 17.2. The zero-order valence-electron chi connectivity index (χ0n) is 14.0. The van der Waals surface area contributed by atoms with Crippen LogP contribution in [-0.2, 0) is 10.4 Å². The van der Waals surface area contributed by atoms with Gasteiger partial charge in [0.25, 0.3) is 0 Å². The van der Waals surface area contributed by atoms with Crippen molar-refractivity contribution in [3.8, 4) is 0 Å². The summed E-state index contributed by atoms with van der Waals surface area (Å²) >= 11 is 0. The Hall–Kier alpha value is -2.17. The molecule has 4 nitrogen and oxygen atoms in total. The van der Waals surface area contributed by atoms with E-state index in [0.29, 0.717) is 25.9 Å². The largest absolute Gasteiger partial charge is 0.385 e. The van der Waals surface area contributed by atoms with Gasteiger partial charge in [0.1, 0.15) is 6.04 Å². The molecule has 4 heteroatoms. The van der Waals surface area contributed by atoms with Gasteiger partial charge in [0.15, 0.2) is 0 Å². The third kappa shape index (κ3) is 3.21. The minimum absolute atomic E-state index is 0.345. The molecule has 126 valence electrons. The first-order valence-electron chi connectivity index (χ1n) is 8.38. The summed E-state index contributed by atoms with van der Waals surface area (Å²) < 4.78 is 0. The number of aliphatic hydroxyl groups is 1. The lowest BCUT2D eigenvalue weighted by Gasteiger charge is -2.41. The van der Waals surface area contributed by atoms with Crippen molar-refractivity contribution < 1.29 is 9.90 Å². The minimum atomic E-state index is -0.833. The maximum atomic E-state index is 12.0. The van der Waals surface area contributed by atoms with Gasteiger partial charge in [0.05, 0.1) is 5.60 Å². The van der Waals surface area contributed by atoms with Gasteiger partial charge in [0.2, 0.25) is 5.91 Å². The molecule has 1 aliphatic heterocycles. The van der Waals surface area contributed by atoms with Crippen LogP contribution in [0.5, 0.6) is 0 Å². The lowest BCUT2D eigenvalue weighted by molar-refractivity contribution is -0.126.